The second-order valence-electron chi connectivity index (χ2n) is 8.65. The molecule has 1 aromatic heterocycles. The first-order chi connectivity index (χ1) is 16.6. The number of halogens is 3. The molecule has 1 aliphatic carbocycles. The third kappa shape index (κ3) is 7.18. The molecule has 0 aliphatic heterocycles. The predicted molar refractivity (Wildman–Crippen MR) is 140 cm³/mol. The zero-order valence-corrected chi connectivity index (χ0v) is 21.8. The maximum absolute atomic E-state index is 13.8. The molecule has 1 aliphatic rings. The van der Waals surface area contributed by atoms with Gasteiger partial charge < -0.3 is 14.2 Å². The van der Waals surface area contributed by atoms with Gasteiger partial charge in [0.2, 0.25) is 0 Å². The van der Waals surface area contributed by atoms with Crippen molar-refractivity contribution in [1.29, 1.82) is 0 Å². The van der Waals surface area contributed by atoms with E-state index in [1.165, 1.54) is 6.07 Å². The fourth-order valence-electron chi connectivity index (χ4n) is 4.36. The topological polar surface area (TPSA) is 43.2 Å². The summed E-state index contributed by atoms with van der Waals surface area (Å²) in [6, 6.07) is 14.7. The highest BCUT2D eigenvalue weighted by atomic mass is 35.5. The Morgan fingerprint density at radius 3 is 2.71 bits per heavy atom. The maximum Gasteiger partial charge on any atom is 0.191 e. The normalized spacial score (nSPS) is 16.8. The van der Waals surface area contributed by atoms with Crippen LogP contribution in [0, 0.1) is 11.7 Å². The van der Waals surface area contributed by atoms with Crippen molar-refractivity contribution in [3.8, 4) is 17.1 Å². The number of rotatable bonds is 13. The fourth-order valence-corrected chi connectivity index (χ4v) is 5.19. The van der Waals surface area contributed by atoms with Gasteiger partial charge in [0.05, 0.1) is 0 Å². The van der Waals surface area contributed by atoms with Gasteiger partial charge in [0, 0.05) is 30.5 Å². The van der Waals surface area contributed by atoms with E-state index in [-0.39, 0.29) is 30.7 Å². The van der Waals surface area contributed by atoms with Gasteiger partial charge in [0.15, 0.2) is 11.0 Å². The molecule has 1 fully saturated rings. The molecule has 1 heterocycles. The number of nitrogens with zero attached hydrogens (tertiary/aromatic N) is 4. The highest BCUT2D eigenvalue weighted by molar-refractivity contribution is 7.99. The molecule has 4 rings (SSSR count). The Morgan fingerprint density at radius 2 is 1.97 bits per heavy atom. The molecular formula is C26H33ClF2N4OS. The molecule has 0 saturated heterocycles. The van der Waals surface area contributed by atoms with Crippen LogP contribution in [-0.2, 0) is 7.05 Å². The lowest BCUT2D eigenvalue weighted by atomic mass is 10.1. The standard InChI is InChI=1S/C26H32F2N4OS.ClH/c1-3-32(18-20-16-22(20)23-17-21(28)10-11-24(23)33-14-12-27)13-7-15-34-26-30-29-25(31(26)2)19-8-5-4-6-9-19;/h4-6,8-11,17,20,22H,3,7,12-16,18H2,1-2H3;1H. The minimum Gasteiger partial charge on any atom is -0.491 e. The van der Waals surface area contributed by atoms with E-state index in [9.17, 15) is 8.78 Å². The minimum atomic E-state index is -0.547. The first kappa shape index (κ1) is 27.4. The summed E-state index contributed by atoms with van der Waals surface area (Å²) in [7, 11) is 2.01. The summed E-state index contributed by atoms with van der Waals surface area (Å²) in [6.07, 6.45) is 2.07. The number of hydrogen-bond acceptors (Lipinski definition) is 5. The third-order valence-electron chi connectivity index (χ3n) is 6.29. The maximum atomic E-state index is 13.8. The van der Waals surface area contributed by atoms with Crippen molar-refractivity contribution in [2.75, 3.05) is 38.7 Å². The van der Waals surface area contributed by atoms with Gasteiger partial charge in [-0.3, -0.25) is 0 Å². The number of benzene rings is 2. The largest absolute Gasteiger partial charge is 0.491 e. The Morgan fingerprint density at radius 1 is 1.17 bits per heavy atom. The lowest BCUT2D eigenvalue weighted by Gasteiger charge is -2.20. The summed E-state index contributed by atoms with van der Waals surface area (Å²) in [5.41, 5.74) is 1.94. The molecule has 2 aromatic carbocycles. The van der Waals surface area contributed by atoms with Crippen LogP contribution in [0.15, 0.2) is 53.7 Å². The van der Waals surface area contributed by atoms with Crippen molar-refractivity contribution in [3.05, 3.63) is 59.9 Å². The van der Waals surface area contributed by atoms with Gasteiger partial charge in [-0.05, 0) is 56.0 Å². The SMILES string of the molecule is CCN(CCCSc1nnc(-c2ccccc2)n1C)CC1CC1c1cc(F)ccc1OCCF.Cl. The average molecular weight is 523 g/mol. The van der Waals surface area contributed by atoms with Crippen molar-refractivity contribution < 1.29 is 13.5 Å². The van der Waals surface area contributed by atoms with Gasteiger partial charge in [-0.2, -0.15) is 0 Å². The Balaban J connectivity index is 0.00000342. The summed E-state index contributed by atoms with van der Waals surface area (Å²) >= 11 is 1.73. The van der Waals surface area contributed by atoms with Crippen LogP contribution in [0.3, 0.4) is 0 Å². The molecule has 0 N–H and O–H groups in total. The monoisotopic (exact) mass is 522 g/mol. The summed E-state index contributed by atoms with van der Waals surface area (Å²) in [5, 5.41) is 9.65. The predicted octanol–water partition coefficient (Wildman–Crippen LogP) is 6.00. The summed E-state index contributed by atoms with van der Waals surface area (Å²) in [4.78, 5) is 2.46. The molecule has 35 heavy (non-hydrogen) atoms. The van der Waals surface area contributed by atoms with Crippen LogP contribution in [-0.4, -0.2) is 58.3 Å². The van der Waals surface area contributed by atoms with Crippen LogP contribution in [0.25, 0.3) is 11.4 Å². The Kier molecular flexibility index (Phi) is 10.4. The highest BCUT2D eigenvalue weighted by Gasteiger charge is 2.40. The summed E-state index contributed by atoms with van der Waals surface area (Å²) in [5.74, 6) is 2.96. The molecule has 0 radical (unpaired) electrons. The van der Waals surface area contributed by atoms with Crippen LogP contribution in [0.1, 0.15) is 31.2 Å². The number of ether oxygens (including phenoxy) is 1. The van der Waals surface area contributed by atoms with E-state index in [1.807, 2.05) is 41.9 Å². The molecule has 2 atom stereocenters. The zero-order valence-electron chi connectivity index (χ0n) is 20.2. The van der Waals surface area contributed by atoms with Crippen LogP contribution < -0.4 is 4.74 Å². The van der Waals surface area contributed by atoms with E-state index in [0.717, 1.165) is 60.3 Å². The van der Waals surface area contributed by atoms with Crippen molar-refractivity contribution >= 4 is 24.2 Å². The van der Waals surface area contributed by atoms with Gasteiger partial charge >= 0.3 is 0 Å². The Labute approximate surface area is 216 Å². The fraction of sp³-hybridized carbons (Fsp3) is 0.462. The molecule has 2 unspecified atom stereocenters. The van der Waals surface area contributed by atoms with E-state index < -0.39 is 6.67 Å². The molecule has 0 bridgehead atoms. The first-order valence-corrected chi connectivity index (χ1v) is 12.9. The lowest BCUT2D eigenvalue weighted by Crippen LogP contribution is -2.27. The summed E-state index contributed by atoms with van der Waals surface area (Å²) in [6.45, 7) is 4.60. The van der Waals surface area contributed by atoms with Crippen LogP contribution in [0.5, 0.6) is 5.75 Å². The van der Waals surface area contributed by atoms with E-state index in [2.05, 4.69) is 22.0 Å². The molecule has 0 spiro atoms. The molecule has 1 saturated carbocycles. The quantitative estimate of drug-likeness (QED) is 0.203. The lowest BCUT2D eigenvalue weighted by molar-refractivity contribution is 0.267. The smallest absolute Gasteiger partial charge is 0.191 e. The number of thioether (sulfide) groups is 1. The molecule has 190 valence electrons. The molecule has 9 heteroatoms. The van der Waals surface area contributed by atoms with Crippen molar-refractivity contribution in [2.45, 2.75) is 30.8 Å². The first-order valence-electron chi connectivity index (χ1n) is 11.9. The number of hydrogen-bond donors (Lipinski definition) is 0. The molecule has 5 nitrogen and oxygen atoms in total. The van der Waals surface area contributed by atoms with Gasteiger partial charge in [-0.1, -0.05) is 49.0 Å². The van der Waals surface area contributed by atoms with Crippen LogP contribution in [0.4, 0.5) is 8.78 Å². The zero-order chi connectivity index (χ0) is 23.9. The van der Waals surface area contributed by atoms with Crippen molar-refractivity contribution in [1.82, 2.24) is 19.7 Å². The van der Waals surface area contributed by atoms with E-state index in [0.29, 0.717) is 11.7 Å². The Bertz CT molecular complexity index is 1070. The van der Waals surface area contributed by atoms with Crippen molar-refractivity contribution in [3.63, 3.8) is 0 Å². The van der Waals surface area contributed by atoms with E-state index >= 15 is 0 Å². The molecule has 0 amide bonds. The minimum absolute atomic E-state index is 0. The second kappa shape index (κ2) is 13.2. The Hall–Kier alpha value is -2.16. The average Bonchev–Trinajstić information content (AvgIpc) is 3.53. The highest BCUT2D eigenvalue weighted by Crippen LogP contribution is 2.50. The molecular weight excluding hydrogens is 490 g/mol. The van der Waals surface area contributed by atoms with E-state index in [1.54, 1.807) is 23.9 Å². The van der Waals surface area contributed by atoms with Gasteiger partial charge in [-0.25, -0.2) is 8.78 Å². The molecule has 3 aromatic rings. The number of alkyl halides is 1. The number of aromatic nitrogens is 3. The second-order valence-corrected chi connectivity index (χ2v) is 9.71. The van der Waals surface area contributed by atoms with Crippen LogP contribution >= 0.6 is 24.2 Å². The summed E-state index contributed by atoms with van der Waals surface area (Å²) < 4.78 is 33.9. The van der Waals surface area contributed by atoms with Crippen molar-refractivity contribution in [2.24, 2.45) is 13.0 Å². The third-order valence-corrected chi connectivity index (χ3v) is 7.39. The van der Waals surface area contributed by atoms with E-state index in [4.69, 9.17) is 4.74 Å². The van der Waals surface area contributed by atoms with Gasteiger partial charge in [0.25, 0.3) is 0 Å². The van der Waals surface area contributed by atoms with Gasteiger partial charge in [-0.15, -0.1) is 22.6 Å². The van der Waals surface area contributed by atoms with Gasteiger partial charge in [0.1, 0.15) is 24.8 Å². The van der Waals surface area contributed by atoms with Crippen LogP contribution in [0.2, 0.25) is 0 Å².